The zero-order valence-corrected chi connectivity index (χ0v) is 14.2. The third-order valence-electron chi connectivity index (χ3n) is 4.13. The Balaban J connectivity index is 1.71. The third kappa shape index (κ3) is 4.18. The van der Waals surface area contributed by atoms with Crippen molar-refractivity contribution in [1.29, 1.82) is 0 Å². The number of nitrogens with zero attached hydrogens (tertiary/aromatic N) is 1. The lowest BCUT2D eigenvalue weighted by Crippen LogP contribution is -2.30. The number of alkyl halides is 1. The summed E-state index contributed by atoms with van der Waals surface area (Å²) < 4.78 is 6.25. The van der Waals surface area contributed by atoms with Crippen molar-refractivity contribution < 1.29 is 9.66 Å². The van der Waals surface area contributed by atoms with Crippen molar-refractivity contribution in [1.82, 2.24) is 0 Å². The van der Waals surface area contributed by atoms with Gasteiger partial charge in [0.2, 0.25) is 0 Å². The summed E-state index contributed by atoms with van der Waals surface area (Å²) in [4.78, 5) is 10.8. The van der Waals surface area contributed by atoms with Crippen LogP contribution in [0.2, 0.25) is 0 Å². The van der Waals surface area contributed by atoms with E-state index in [1.165, 1.54) is 5.56 Å². The number of ether oxygens (including phenoxy) is 1. The fraction of sp³-hybridized carbons (Fsp3) is 0.333. The normalized spacial score (nSPS) is 24.3. The number of nitro benzene ring substituents is 1. The Labute approximate surface area is 143 Å². The second-order valence-electron chi connectivity index (χ2n) is 5.85. The van der Waals surface area contributed by atoms with Crippen molar-refractivity contribution in [3.63, 3.8) is 0 Å². The van der Waals surface area contributed by atoms with Crippen LogP contribution >= 0.6 is 15.9 Å². The summed E-state index contributed by atoms with van der Waals surface area (Å²) in [6.07, 6.45) is 2.85. The summed E-state index contributed by atoms with van der Waals surface area (Å²) in [5.41, 5.74) is 2.38. The van der Waals surface area contributed by atoms with E-state index in [1.54, 1.807) is 24.3 Å². The fourth-order valence-corrected chi connectivity index (χ4v) is 3.75. The topological polar surface area (TPSA) is 52.4 Å². The summed E-state index contributed by atoms with van der Waals surface area (Å²) >= 11 is 3.73. The van der Waals surface area contributed by atoms with Gasteiger partial charge in [-0.25, -0.2) is 0 Å². The van der Waals surface area contributed by atoms with Gasteiger partial charge in [0, 0.05) is 17.0 Å². The summed E-state index contributed by atoms with van der Waals surface area (Å²) in [7, 11) is 0. The van der Waals surface area contributed by atoms with Crippen LogP contribution in [0.25, 0.3) is 0 Å². The van der Waals surface area contributed by atoms with Gasteiger partial charge in [0.15, 0.2) is 0 Å². The third-order valence-corrected chi connectivity index (χ3v) is 4.87. The van der Waals surface area contributed by atoms with Gasteiger partial charge in [0.1, 0.15) is 0 Å². The monoisotopic (exact) mass is 375 g/mol. The fourth-order valence-electron chi connectivity index (χ4n) is 2.99. The first kappa shape index (κ1) is 16.1. The molecule has 1 fully saturated rings. The van der Waals surface area contributed by atoms with Crippen molar-refractivity contribution in [3.8, 4) is 0 Å². The minimum Gasteiger partial charge on any atom is -0.370 e. The van der Waals surface area contributed by atoms with Crippen LogP contribution in [-0.2, 0) is 11.2 Å². The first-order valence-corrected chi connectivity index (χ1v) is 8.61. The highest BCUT2D eigenvalue weighted by atomic mass is 79.9. The van der Waals surface area contributed by atoms with Crippen molar-refractivity contribution in [2.75, 3.05) is 0 Å². The van der Waals surface area contributed by atoms with E-state index in [2.05, 4.69) is 28.1 Å². The van der Waals surface area contributed by atoms with Gasteiger partial charge in [0.05, 0.1) is 17.1 Å². The lowest BCUT2D eigenvalue weighted by molar-refractivity contribution is -0.384. The molecule has 0 bridgehead atoms. The smallest absolute Gasteiger partial charge is 0.269 e. The average Bonchev–Trinajstić information content (AvgIpc) is 2.55. The zero-order chi connectivity index (χ0) is 16.2. The van der Waals surface area contributed by atoms with Crippen LogP contribution in [0.1, 0.15) is 30.1 Å². The highest BCUT2D eigenvalue weighted by Crippen LogP contribution is 2.36. The van der Waals surface area contributed by atoms with Gasteiger partial charge < -0.3 is 4.74 Å². The molecule has 0 spiro atoms. The average molecular weight is 376 g/mol. The molecule has 0 saturated carbocycles. The molecule has 1 heterocycles. The van der Waals surface area contributed by atoms with Crippen LogP contribution in [0, 0.1) is 10.1 Å². The Morgan fingerprint density at radius 2 is 1.78 bits per heavy atom. The van der Waals surface area contributed by atoms with Crippen LogP contribution in [0.15, 0.2) is 54.6 Å². The lowest BCUT2D eigenvalue weighted by atomic mass is 9.95. The van der Waals surface area contributed by atoms with Gasteiger partial charge in [-0.15, -0.1) is 0 Å². The van der Waals surface area contributed by atoms with E-state index >= 15 is 0 Å². The van der Waals surface area contributed by atoms with E-state index in [1.807, 2.05) is 18.2 Å². The minimum absolute atomic E-state index is 0.0253. The SMILES string of the molecule is O=[N+]([O-])c1ccc([C@@H]2C[C@H](Br)C[C@H](Cc3ccccc3)O2)cc1. The van der Waals surface area contributed by atoms with Gasteiger partial charge in [-0.3, -0.25) is 10.1 Å². The zero-order valence-electron chi connectivity index (χ0n) is 12.6. The van der Waals surface area contributed by atoms with Crippen LogP contribution in [0.5, 0.6) is 0 Å². The molecule has 1 aliphatic heterocycles. The Kier molecular flexibility index (Phi) is 5.08. The predicted molar refractivity (Wildman–Crippen MR) is 92.8 cm³/mol. The van der Waals surface area contributed by atoms with Crippen LogP contribution in [0.4, 0.5) is 5.69 Å². The first-order valence-electron chi connectivity index (χ1n) is 7.69. The summed E-state index contributed by atoms with van der Waals surface area (Å²) in [5.74, 6) is 0. The van der Waals surface area contributed by atoms with Crippen molar-refractivity contribution in [2.24, 2.45) is 0 Å². The van der Waals surface area contributed by atoms with E-state index in [0.29, 0.717) is 4.83 Å². The second kappa shape index (κ2) is 7.23. The Morgan fingerprint density at radius 1 is 1.09 bits per heavy atom. The van der Waals surface area contributed by atoms with Crippen LogP contribution in [0.3, 0.4) is 0 Å². The van der Waals surface area contributed by atoms with E-state index in [9.17, 15) is 10.1 Å². The Bertz CT molecular complexity index is 660. The number of nitro groups is 1. The molecule has 5 heteroatoms. The van der Waals surface area contributed by atoms with Gasteiger partial charge in [-0.05, 0) is 42.5 Å². The number of hydrogen-bond acceptors (Lipinski definition) is 3. The number of rotatable bonds is 4. The van der Waals surface area contributed by atoms with E-state index in [0.717, 1.165) is 24.8 Å². The molecule has 2 aromatic carbocycles. The number of benzene rings is 2. The highest BCUT2D eigenvalue weighted by molar-refractivity contribution is 9.09. The molecule has 3 atom stereocenters. The lowest BCUT2D eigenvalue weighted by Gasteiger charge is -2.33. The summed E-state index contributed by atoms with van der Waals surface area (Å²) in [5, 5.41) is 10.8. The molecule has 4 nitrogen and oxygen atoms in total. The van der Waals surface area contributed by atoms with Gasteiger partial charge in [0.25, 0.3) is 5.69 Å². The second-order valence-corrected chi connectivity index (χ2v) is 7.15. The van der Waals surface area contributed by atoms with Crippen molar-refractivity contribution in [3.05, 3.63) is 75.8 Å². The molecule has 0 amide bonds. The molecule has 23 heavy (non-hydrogen) atoms. The molecule has 1 aliphatic rings. The maximum Gasteiger partial charge on any atom is 0.269 e. The van der Waals surface area contributed by atoms with E-state index in [4.69, 9.17) is 4.74 Å². The van der Waals surface area contributed by atoms with Gasteiger partial charge in [-0.2, -0.15) is 0 Å². The summed E-state index contributed by atoms with van der Waals surface area (Å²) in [6.45, 7) is 0. The molecule has 0 N–H and O–H groups in total. The quantitative estimate of drug-likeness (QED) is 0.437. The first-order chi connectivity index (χ1) is 11.1. The molecule has 0 aliphatic carbocycles. The maximum absolute atomic E-state index is 10.8. The van der Waals surface area contributed by atoms with Crippen LogP contribution < -0.4 is 0 Å². The Morgan fingerprint density at radius 3 is 2.43 bits per heavy atom. The van der Waals surface area contributed by atoms with Crippen molar-refractivity contribution >= 4 is 21.6 Å². The number of halogens is 1. The summed E-state index contributed by atoms with van der Waals surface area (Å²) in [6, 6.07) is 17.0. The van der Waals surface area contributed by atoms with Gasteiger partial charge in [-0.1, -0.05) is 46.3 Å². The highest BCUT2D eigenvalue weighted by Gasteiger charge is 2.29. The standard InChI is InChI=1S/C18H18BrNO3/c19-15-11-17(10-13-4-2-1-3-5-13)23-18(12-15)14-6-8-16(9-7-14)20(21)22/h1-9,15,17-18H,10-12H2/t15-,17+,18+/m1/s1. The Hall–Kier alpha value is -1.72. The molecular weight excluding hydrogens is 358 g/mol. The van der Waals surface area contributed by atoms with Crippen molar-refractivity contribution in [2.45, 2.75) is 36.3 Å². The molecule has 0 unspecified atom stereocenters. The van der Waals surface area contributed by atoms with Gasteiger partial charge >= 0.3 is 0 Å². The number of non-ortho nitro benzene ring substituents is 1. The molecule has 0 aromatic heterocycles. The molecule has 3 rings (SSSR count). The minimum atomic E-state index is -0.378. The maximum atomic E-state index is 10.8. The molecule has 1 saturated heterocycles. The van der Waals surface area contributed by atoms with Crippen LogP contribution in [-0.4, -0.2) is 15.9 Å². The molecule has 120 valence electrons. The molecule has 2 aromatic rings. The van der Waals surface area contributed by atoms with E-state index in [-0.39, 0.29) is 22.8 Å². The molecular formula is C18H18BrNO3. The molecule has 0 radical (unpaired) electrons. The van der Waals surface area contributed by atoms with E-state index < -0.39 is 0 Å². The number of hydrogen-bond donors (Lipinski definition) is 0. The predicted octanol–water partition coefficient (Wildman–Crippen LogP) is 4.82. The largest absolute Gasteiger partial charge is 0.370 e.